The van der Waals surface area contributed by atoms with E-state index in [2.05, 4.69) is 5.32 Å². The van der Waals surface area contributed by atoms with Crippen molar-refractivity contribution in [3.63, 3.8) is 0 Å². The highest BCUT2D eigenvalue weighted by molar-refractivity contribution is 5.93. The minimum atomic E-state index is -0.406. The fourth-order valence-electron chi connectivity index (χ4n) is 1.63. The predicted molar refractivity (Wildman–Crippen MR) is 83.2 cm³/mol. The Morgan fingerprint density at radius 3 is 2.32 bits per heavy atom. The highest BCUT2D eigenvalue weighted by Crippen LogP contribution is 2.30. The molecule has 0 saturated carbocycles. The zero-order valence-electron chi connectivity index (χ0n) is 13.5. The summed E-state index contributed by atoms with van der Waals surface area (Å²) in [5.41, 5.74) is 0.553. The number of hydrogen-bond acceptors (Lipinski definition) is 5. The van der Waals surface area contributed by atoms with E-state index < -0.39 is 11.9 Å². The largest absolute Gasteiger partial charge is 0.490 e. The number of hydrogen-bond donors (Lipinski definition) is 1. The average molecular weight is 309 g/mol. The van der Waals surface area contributed by atoms with Crippen LogP contribution in [0.5, 0.6) is 11.5 Å². The van der Waals surface area contributed by atoms with Gasteiger partial charge in [0.2, 0.25) is 0 Å². The van der Waals surface area contributed by atoms with Crippen LogP contribution in [-0.4, -0.2) is 31.7 Å². The van der Waals surface area contributed by atoms with Crippen molar-refractivity contribution in [2.75, 3.05) is 25.1 Å². The molecular formula is C16H23NO5. The lowest BCUT2D eigenvalue weighted by Crippen LogP contribution is -2.22. The van der Waals surface area contributed by atoms with Crippen LogP contribution in [0.2, 0.25) is 0 Å². The smallest absolute Gasteiger partial charge is 0.308 e. The van der Waals surface area contributed by atoms with Gasteiger partial charge in [-0.1, -0.05) is 13.8 Å². The summed E-state index contributed by atoms with van der Waals surface area (Å²) in [4.78, 5) is 23.1. The molecule has 1 amide bonds. The summed E-state index contributed by atoms with van der Waals surface area (Å²) in [6.07, 6.45) is 0. The van der Waals surface area contributed by atoms with Gasteiger partial charge in [-0.15, -0.1) is 0 Å². The second-order valence-corrected chi connectivity index (χ2v) is 4.84. The number of esters is 1. The molecule has 0 aliphatic carbocycles. The van der Waals surface area contributed by atoms with Crippen molar-refractivity contribution >= 4 is 17.6 Å². The van der Waals surface area contributed by atoms with E-state index >= 15 is 0 Å². The molecule has 22 heavy (non-hydrogen) atoms. The first-order valence-electron chi connectivity index (χ1n) is 7.34. The van der Waals surface area contributed by atoms with Crippen molar-refractivity contribution in [3.05, 3.63) is 18.2 Å². The normalized spacial score (nSPS) is 10.2. The lowest BCUT2D eigenvalue weighted by molar-refractivity contribution is -0.150. The quantitative estimate of drug-likeness (QED) is 0.747. The van der Waals surface area contributed by atoms with Gasteiger partial charge in [-0.3, -0.25) is 9.59 Å². The zero-order chi connectivity index (χ0) is 16.5. The van der Waals surface area contributed by atoms with Crippen LogP contribution < -0.4 is 14.8 Å². The number of carbonyl (C=O) groups excluding carboxylic acids is 2. The lowest BCUT2D eigenvalue weighted by Gasteiger charge is -2.13. The average Bonchev–Trinajstić information content (AvgIpc) is 2.47. The van der Waals surface area contributed by atoms with Crippen molar-refractivity contribution in [2.45, 2.75) is 27.7 Å². The van der Waals surface area contributed by atoms with Crippen molar-refractivity contribution in [2.24, 2.45) is 5.92 Å². The maximum Gasteiger partial charge on any atom is 0.308 e. The summed E-state index contributed by atoms with van der Waals surface area (Å²) in [5, 5.41) is 2.65. The van der Waals surface area contributed by atoms with Crippen LogP contribution in [0, 0.1) is 5.92 Å². The molecule has 1 aromatic carbocycles. The molecular weight excluding hydrogens is 286 g/mol. The molecule has 0 radical (unpaired) electrons. The van der Waals surface area contributed by atoms with Gasteiger partial charge < -0.3 is 19.5 Å². The monoisotopic (exact) mass is 309 g/mol. The Balaban J connectivity index is 2.66. The van der Waals surface area contributed by atoms with Crippen LogP contribution in [0.25, 0.3) is 0 Å². The van der Waals surface area contributed by atoms with Crippen molar-refractivity contribution < 1.29 is 23.8 Å². The molecule has 0 fully saturated rings. The summed E-state index contributed by atoms with van der Waals surface area (Å²) < 4.78 is 15.8. The van der Waals surface area contributed by atoms with Gasteiger partial charge in [0, 0.05) is 11.8 Å². The Kier molecular flexibility index (Phi) is 7.22. The van der Waals surface area contributed by atoms with Gasteiger partial charge in [0.1, 0.15) is 0 Å². The molecule has 0 aliphatic heterocycles. The van der Waals surface area contributed by atoms with E-state index in [4.69, 9.17) is 14.2 Å². The van der Waals surface area contributed by atoms with Crippen molar-refractivity contribution in [3.8, 4) is 11.5 Å². The summed E-state index contributed by atoms with van der Waals surface area (Å²) in [5.74, 6) is 0.107. The third-order valence-corrected chi connectivity index (χ3v) is 2.64. The molecule has 0 atom stereocenters. The molecule has 0 aromatic heterocycles. The molecule has 0 aliphatic rings. The molecule has 122 valence electrons. The Bertz CT molecular complexity index is 513. The first-order valence-corrected chi connectivity index (χ1v) is 7.34. The molecule has 1 aromatic rings. The third kappa shape index (κ3) is 5.63. The highest BCUT2D eigenvalue weighted by Gasteiger charge is 2.12. The number of benzene rings is 1. The second kappa shape index (κ2) is 8.92. The topological polar surface area (TPSA) is 73.9 Å². The summed E-state index contributed by atoms with van der Waals surface area (Å²) in [6.45, 7) is 7.87. The van der Waals surface area contributed by atoms with Crippen LogP contribution in [0.4, 0.5) is 5.69 Å². The number of amides is 1. The first-order chi connectivity index (χ1) is 10.5. The van der Waals surface area contributed by atoms with Gasteiger partial charge in [-0.25, -0.2) is 0 Å². The Morgan fingerprint density at radius 2 is 1.73 bits per heavy atom. The summed E-state index contributed by atoms with van der Waals surface area (Å²) in [7, 11) is 0. The fraction of sp³-hybridized carbons (Fsp3) is 0.500. The highest BCUT2D eigenvalue weighted by atomic mass is 16.5. The van der Waals surface area contributed by atoms with Gasteiger partial charge in [-0.05, 0) is 26.0 Å². The lowest BCUT2D eigenvalue weighted by atomic mass is 10.2. The Labute approximate surface area is 130 Å². The van der Waals surface area contributed by atoms with Crippen LogP contribution in [0.15, 0.2) is 18.2 Å². The van der Waals surface area contributed by atoms with Crippen LogP contribution in [-0.2, 0) is 14.3 Å². The molecule has 0 saturated heterocycles. The SMILES string of the molecule is CCOc1ccc(NC(=O)COC(=O)C(C)C)cc1OCC. The second-order valence-electron chi connectivity index (χ2n) is 4.84. The molecule has 0 bridgehead atoms. The number of carbonyl (C=O) groups is 2. The summed E-state index contributed by atoms with van der Waals surface area (Å²) >= 11 is 0. The third-order valence-electron chi connectivity index (χ3n) is 2.64. The molecule has 0 spiro atoms. The standard InChI is InChI=1S/C16H23NO5/c1-5-20-13-8-7-12(9-14(13)21-6-2)17-15(18)10-22-16(19)11(3)4/h7-9,11H,5-6,10H2,1-4H3,(H,17,18). The first kappa shape index (κ1) is 17.8. The van der Waals surface area contributed by atoms with E-state index in [1.165, 1.54) is 0 Å². The van der Waals surface area contributed by atoms with E-state index in [-0.39, 0.29) is 12.5 Å². The molecule has 6 heteroatoms. The van der Waals surface area contributed by atoms with Crippen molar-refractivity contribution in [1.29, 1.82) is 0 Å². The van der Waals surface area contributed by atoms with Crippen LogP contribution in [0.3, 0.4) is 0 Å². The van der Waals surface area contributed by atoms with E-state index in [9.17, 15) is 9.59 Å². The molecule has 0 heterocycles. The molecule has 1 N–H and O–H groups in total. The fourth-order valence-corrected chi connectivity index (χ4v) is 1.63. The number of ether oxygens (including phenoxy) is 3. The Morgan fingerprint density at radius 1 is 1.09 bits per heavy atom. The number of nitrogens with one attached hydrogen (secondary N) is 1. The number of rotatable bonds is 8. The van der Waals surface area contributed by atoms with E-state index in [0.717, 1.165) is 0 Å². The van der Waals surface area contributed by atoms with E-state index in [0.29, 0.717) is 30.4 Å². The number of anilines is 1. The van der Waals surface area contributed by atoms with Crippen LogP contribution >= 0.6 is 0 Å². The van der Waals surface area contributed by atoms with E-state index in [1.54, 1.807) is 32.0 Å². The minimum Gasteiger partial charge on any atom is -0.490 e. The van der Waals surface area contributed by atoms with Crippen LogP contribution in [0.1, 0.15) is 27.7 Å². The van der Waals surface area contributed by atoms with Gasteiger partial charge in [-0.2, -0.15) is 0 Å². The van der Waals surface area contributed by atoms with Gasteiger partial charge >= 0.3 is 5.97 Å². The van der Waals surface area contributed by atoms with Crippen molar-refractivity contribution in [1.82, 2.24) is 0 Å². The maximum atomic E-state index is 11.8. The Hall–Kier alpha value is -2.24. The maximum absolute atomic E-state index is 11.8. The predicted octanol–water partition coefficient (Wildman–Crippen LogP) is 2.62. The zero-order valence-corrected chi connectivity index (χ0v) is 13.5. The van der Waals surface area contributed by atoms with Gasteiger partial charge in [0.15, 0.2) is 18.1 Å². The van der Waals surface area contributed by atoms with Gasteiger partial charge in [0.05, 0.1) is 19.1 Å². The molecule has 0 unspecified atom stereocenters. The minimum absolute atomic E-state index is 0.261. The molecule has 6 nitrogen and oxygen atoms in total. The summed E-state index contributed by atoms with van der Waals surface area (Å²) in [6, 6.07) is 5.11. The van der Waals surface area contributed by atoms with Gasteiger partial charge in [0.25, 0.3) is 5.91 Å². The van der Waals surface area contributed by atoms with E-state index in [1.807, 2.05) is 13.8 Å². The molecule has 1 rings (SSSR count).